The standard InChI is InChI=1S/C11H12N4O2/c1-15-7-8(5-14-15)4-13-11(17)9-2-3-10(16)12-6-9/h2-3,5-7H,4H2,1H3,(H,12,16)(H,13,17). The summed E-state index contributed by atoms with van der Waals surface area (Å²) in [7, 11) is 1.81. The SMILES string of the molecule is Cn1cc(CNC(=O)c2ccc(=O)[nH]c2)cn1. The van der Waals surface area contributed by atoms with Gasteiger partial charge in [-0.25, -0.2) is 0 Å². The third kappa shape index (κ3) is 2.81. The van der Waals surface area contributed by atoms with Crippen LogP contribution in [0.15, 0.2) is 35.5 Å². The zero-order chi connectivity index (χ0) is 12.3. The summed E-state index contributed by atoms with van der Waals surface area (Å²) >= 11 is 0. The lowest BCUT2D eigenvalue weighted by molar-refractivity contribution is 0.0950. The molecule has 1 amide bonds. The van der Waals surface area contributed by atoms with Gasteiger partial charge >= 0.3 is 0 Å². The van der Waals surface area contributed by atoms with Gasteiger partial charge in [-0.2, -0.15) is 5.10 Å². The van der Waals surface area contributed by atoms with Crippen LogP contribution in [0.25, 0.3) is 0 Å². The molecule has 0 aliphatic carbocycles. The summed E-state index contributed by atoms with van der Waals surface area (Å²) in [5, 5.41) is 6.73. The van der Waals surface area contributed by atoms with Gasteiger partial charge in [0.15, 0.2) is 0 Å². The molecule has 2 aromatic heterocycles. The van der Waals surface area contributed by atoms with E-state index in [4.69, 9.17) is 0 Å². The highest BCUT2D eigenvalue weighted by Gasteiger charge is 2.05. The lowest BCUT2D eigenvalue weighted by Gasteiger charge is -2.02. The van der Waals surface area contributed by atoms with E-state index < -0.39 is 0 Å². The Hall–Kier alpha value is -2.37. The maximum Gasteiger partial charge on any atom is 0.253 e. The Kier molecular flexibility index (Phi) is 3.04. The van der Waals surface area contributed by atoms with Gasteiger partial charge in [0.05, 0.1) is 11.8 Å². The maximum atomic E-state index is 11.7. The molecule has 2 N–H and O–H groups in total. The molecule has 0 radical (unpaired) electrons. The molecular weight excluding hydrogens is 220 g/mol. The van der Waals surface area contributed by atoms with Gasteiger partial charge in [-0.15, -0.1) is 0 Å². The Morgan fingerprint density at radius 3 is 2.94 bits per heavy atom. The summed E-state index contributed by atoms with van der Waals surface area (Å²) in [4.78, 5) is 25.0. The zero-order valence-electron chi connectivity index (χ0n) is 9.30. The Morgan fingerprint density at radius 2 is 2.35 bits per heavy atom. The number of pyridine rings is 1. The minimum absolute atomic E-state index is 0.228. The van der Waals surface area contributed by atoms with Crippen LogP contribution in [0.5, 0.6) is 0 Å². The van der Waals surface area contributed by atoms with Crippen LogP contribution < -0.4 is 10.9 Å². The van der Waals surface area contributed by atoms with Crippen molar-refractivity contribution in [3.8, 4) is 0 Å². The quantitative estimate of drug-likeness (QED) is 0.784. The minimum Gasteiger partial charge on any atom is -0.348 e. The second-order valence-corrected chi connectivity index (χ2v) is 3.65. The second kappa shape index (κ2) is 4.65. The third-order valence-corrected chi connectivity index (χ3v) is 2.26. The average Bonchev–Trinajstić information content (AvgIpc) is 2.73. The first-order chi connectivity index (χ1) is 8.15. The summed E-state index contributed by atoms with van der Waals surface area (Å²) in [6.45, 7) is 0.409. The number of rotatable bonds is 3. The molecule has 6 heteroatoms. The predicted molar refractivity (Wildman–Crippen MR) is 61.4 cm³/mol. The molecule has 17 heavy (non-hydrogen) atoms. The molecule has 6 nitrogen and oxygen atoms in total. The van der Waals surface area contributed by atoms with Crippen molar-refractivity contribution in [2.45, 2.75) is 6.54 Å². The highest BCUT2D eigenvalue weighted by molar-refractivity contribution is 5.93. The van der Waals surface area contributed by atoms with Crippen molar-refractivity contribution >= 4 is 5.91 Å². The van der Waals surface area contributed by atoms with Gasteiger partial charge in [-0.05, 0) is 6.07 Å². The van der Waals surface area contributed by atoms with Crippen molar-refractivity contribution in [2.24, 2.45) is 7.05 Å². The highest BCUT2D eigenvalue weighted by Crippen LogP contribution is 1.97. The topological polar surface area (TPSA) is 79.8 Å². The monoisotopic (exact) mass is 232 g/mol. The molecule has 0 saturated carbocycles. The summed E-state index contributed by atoms with van der Waals surface area (Å²) in [6, 6.07) is 2.80. The smallest absolute Gasteiger partial charge is 0.253 e. The molecule has 0 spiro atoms. The van der Waals surface area contributed by atoms with Gasteiger partial charge in [0.1, 0.15) is 0 Å². The summed E-state index contributed by atoms with van der Waals surface area (Å²) in [5.41, 5.74) is 1.12. The van der Waals surface area contributed by atoms with E-state index in [0.29, 0.717) is 12.1 Å². The van der Waals surface area contributed by atoms with E-state index in [2.05, 4.69) is 15.4 Å². The van der Waals surface area contributed by atoms with Crippen molar-refractivity contribution in [3.05, 3.63) is 52.2 Å². The predicted octanol–water partition coefficient (Wildman–Crippen LogP) is 0.0384. The van der Waals surface area contributed by atoms with Crippen molar-refractivity contribution in [1.29, 1.82) is 0 Å². The molecule has 0 aliphatic rings. The van der Waals surface area contributed by atoms with Crippen LogP contribution in [0.2, 0.25) is 0 Å². The van der Waals surface area contributed by atoms with E-state index in [1.54, 1.807) is 10.9 Å². The van der Waals surface area contributed by atoms with Crippen LogP contribution >= 0.6 is 0 Å². The Labute approximate surface area is 97.3 Å². The molecule has 2 heterocycles. The summed E-state index contributed by atoms with van der Waals surface area (Å²) < 4.78 is 1.67. The fourth-order valence-electron chi connectivity index (χ4n) is 1.40. The molecule has 0 saturated heterocycles. The second-order valence-electron chi connectivity index (χ2n) is 3.65. The minimum atomic E-state index is -0.231. The average molecular weight is 232 g/mol. The first-order valence-electron chi connectivity index (χ1n) is 5.09. The Balaban J connectivity index is 1.98. The van der Waals surface area contributed by atoms with Crippen molar-refractivity contribution in [3.63, 3.8) is 0 Å². The highest BCUT2D eigenvalue weighted by atomic mass is 16.1. The molecule has 0 fully saturated rings. The Morgan fingerprint density at radius 1 is 1.53 bits per heavy atom. The summed E-state index contributed by atoms with van der Waals surface area (Å²) in [5.74, 6) is -0.231. The number of aromatic amines is 1. The van der Waals surface area contributed by atoms with E-state index in [0.717, 1.165) is 5.56 Å². The van der Waals surface area contributed by atoms with E-state index in [1.165, 1.54) is 18.3 Å². The number of H-pyrrole nitrogens is 1. The first kappa shape index (κ1) is 11.1. The fraction of sp³-hybridized carbons (Fsp3) is 0.182. The number of hydrogen-bond acceptors (Lipinski definition) is 3. The van der Waals surface area contributed by atoms with Gasteiger partial charge in [0, 0.05) is 37.6 Å². The maximum absolute atomic E-state index is 11.7. The molecule has 0 aliphatic heterocycles. The number of aromatic nitrogens is 3. The number of carbonyl (C=O) groups excluding carboxylic acids is 1. The number of hydrogen-bond donors (Lipinski definition) is 2. The largest absolute Gasteiger partial charge is 0.348 e. The molecule has 0 aromatic carbocycles. The van der Waals surface area contributed by atoms with E-state index in [1.807, 2.05) is 13.2 Å². The third-order valence-electron chi connectivity index (χ3n) is 2.26. The molecule has 0 unspecified atom stereocenters. The van der Waals surface area contributed by atoms with Crippen LogP contribution in [0, 0.1) is 0 Å². The van der Waals surface area contributed by atoms with Crippen LogP contribution in [-0.2, 0) is 13.6 Å². The van der Waals surface area contributed by atoms with E-state index in [-0.39, 0.29) is 11.5 Å². The van der Waals surface area contributed by atoms with Crippen LogP contribution in [0.4, 0.5) is 0 Å². The normalized spacial score (nSPS) is 10.2. The van der Waals surface area contributed by atoms with Crippen LogP contribution in [0.3, 0.4) is 0 Å². The lowest BCUT2D eigenvalue weighted by atomic mass is 10.2. The lowest BCUT2D eigenvalue weighted by Crippen LogP contribution is -2.23. The van der Waals surface area contributed by atoms with Gasteiger partial charge < -0.3 is 10.3 Å². The Bertz CT molecular complexity index is 565. The molecule has 88 valence electrons. The van der Waals surface area contributed by atoms with Crippen molar-refractivity contribution in [2.75, 3.05) is 0 Å². The molecule has 0 atom stereocenters. The zero-order valence-corrected chi connectivity index (χ0v) is 9.30. The van der Waals surface area contributed by atoms with Crippen LogP contribution in [0.1, 0.15) is 15.9 Å². The summed E-state index contributed by atoms with van der Waals surface area (Å²) in [6.07, 6.45) is 4.90. The molecule has 0 bridgehead atoms. The van der Waals surface area contributed by atoms with Crippen molar-refractivity contribution in [1.82, 2.24) is 20.1 Å². The number of nitrogens with zero attached hydrogens (tertiary/aromatic N) is 2. The van der Waals surface area contributed by atoms with E-state index in [9.17, 15) is 9.59 Å². The fourth-order valence-corrected chi connectivity index (χ4v) is 1.40. The van der Waals surface area contributed by atoms with Gasteiger partial charge in [0.25, 0.3) is 5.91 Å². The molecular formula is C11H12N4O2. The number of aryl methyl sites for hydroxylation is 1. The van der Waals surface area contributed by atoms with Gasteiger partial charge in [-0.3, -0.25) is 14.3 Å². The van der Waals surface area contributed by atoms with Crippen LogP contribution in [-0.4, -0.2) is 20.7 Å². The van der Waals surface area contributed by atoms with Gasteiger partial charge in [0.2, 0.25) is 5.56 Å². The van der Waals surface area contributed by atoms with Gasteiger partial charge in [-0.1, -0.05) is 0 Å². The number of carbonyl (C=O) groups is 1. The molecule has 2 rings (SSSR count). The van der Waals surface area contributed by atoms with Crippen molar-refractivity contribution < 1.29 is 4.79 Å². The number of amides is 1. The number of nitrogens with one attached hydrogen (secondary N) is 2. The first-order valence-corrected chi connectivity index (χ1v) is 5.09. The molecule has 2 aromatic rings. The van der Waals surface area contributed by atoms with E-state index >= 15 is 0 Å².